The molecule has 0 saturated carbocycles. The number of aryl methyl sites for hydroxylation is 2. The maximum atomic E-state index is 12.9. The second-order valence-corrected chi connectivity index (χ2v) is 9.11. The monoisotopic (exact) mass is 477 g/mol. The van der Waals surface area contributed by atoms with E-state index in [0.29, 0.717) is 22.6 Å². The highest BCUT2D eigenvalue weighted by molar-refractivity contribution is 6.30. The number of halogens is 1. The molecular formula is C30H24ClN3O. The number of benzene rings is 4. The molecule has 0 radical (unpaired) electrons. The lowest BCUT2D eigenvalue weighted by molar-refractivity contribution is 0.0951. The van der Waals surface area contributed by atoms with Crippen molar-refractivity contribution in [2.24, 2.45) is 0 Å². The molecule has 4 aromatic carbocycles. The summed E-state index contributed by atoms with van der Waals surface area (Å²) in [5, 5.41) is 3.64. The molecular weight excluding hydrogens is 454 g/mol. The van der Waals surface area contributed by atoms with Crippen LogP contribution in [0.2, 0.25) is 5.02 Å². The quantitative estimate of drug-likeness (QED) is 0.292. The van der Waals surface area contributed by atoms with Gasteiger partial charge in [0.2, 0.25) is 0 Å². The summed E-state index contributed by atoms with van der Waals surface area (Å²) in [5.41, 5.74) is 8.88. The van der Waals surface area contributed by atoms with Crippen molar-refractivity contribution in [2.45, 2.75) is 20.4 Å². The highest BCUT2D eigenvalue weighted by Gasteiger charge is 2.15. The van der Waals surface area contributed by atoms with Crippen molar-refractivity contribution in [3.8, 4) is 22.5 Å². The Morgan fingerprint density at radius 3 is 1.94 bits per heavy atom. The van der Waals surface area contributed by atoms with Crippen LogP contribution in [-0.4, -0.2) is 15.9 Å². The van der Waals surface area contributed by atoms with Gasteiger partial charge in [0.05, 0.1) is 22.4 Å². The summed E-state index contributed by atoms with van der Waals surface area (Å²) in [6.07, 6.45) is 0. The number of amides is 1. The van der Waals surface area contributed by atoms with E-state index in [9.17, 15) is 4.79 Å². The fourth-order valence-electron chi connectivity index (χ4n) is 4.07. The van der Waals surface area contributed by atoms with Crippen molar-refractivity contribution in [1.29, 1.82) is 0 Å². The van der Waals surface area contributed by atoms with E-state index in [-0.39, 0.29) is 5.91 Å². The molecule has 1 aromatic heterocycles. The minimum absolute atomic E-state index is 0.163. The second kappa shape index (κ2) is 9.69. The number of carbonyl (C=O) groups excluding carboxylic acids is 1. The van der Waals surface area contributed by atoms with Crippen LogP contribution >= 0.6 is 11.6 Å². The van der Waals surface area contributed by atoms with Gasteiger partial charge in [0, 0.05) is 28.3 Å². The van der Waals surface area contributed by atoms with Gasteiger partial charge in [-0.15, -0.1) is 0 Å². The molecule has 5 heteroatoms. The topological polar surface area (TPSA) is 54.9 Å². The molecule has 0 bridgehead atoms. The minimum atomic E-state index is -0.163. The lowest BCUT2D eigenvalue weighted by atomic mass is 10.0. The van der Waals surface area contributed by atoms with E-state index in [1.165, 1.54) is 0 Å². The van der Waals surface area contributed by atoms with E-state index in [1.54, 1.807) is 12.1 Å². The van der Waals surface area contributed by atoms with Gasteiger partial charge in [0.1, 0.15) is 0 Å². The Bertz CT molecular complexity index is 1540. The summed E-state index contributed by atoms with van der Waals surface area (Å²) >= 11 is 5.95. The van der Waals surface area contributed by atoms with Gasteiger partial charge in [0.25, 0.3) is 5.91 Å². The summed E-state index contributed by atoms with van der Waals surface area (Å²) < 4.78 is 0. The lowest BCUT2D eigenvalue weighted by Crippen LogP contribution is -2.22. The Balaban J connectivity index is 1.54. The molecule has 0 aliphatic heterocycles. The van der Waals surface area contributed by atoms with Crippen LogP contribution in [-0.2, 0) is 6.54 Å². The predicted molar refractivity (Wildman–Crippen MR) is 143 cm³/mol. The Morgan fingerprint density at radius 2 is 1.34 bits per heavy atom. The lowest BCUT2D eigenvalue weighted by Gasteiger charge is -2.12. The molecule has 0 atom stereocenters. The van der Waals surface area contributed by atoms with Crippen molar-refractivity contribution >= 4 is 28.5 Å². The number of aromatic nitrogens is 2. The Morgan fingerprint density at radius 1 is 0.743 bits per heavy atom. The van der Waals surface area contributed by atoms with Crippen LogP contribution in [0.15, 0.2) is 91.0 Å². The van der Waals surface area contributed by atoms with E-state index in [2.05, 4.69) is 49.5 Å². The van der Waals surface area contributed by atoms with Crippen molar-refractivity contribution in [2.75, 3.05) is 0 Å². The largest absolute Gasteiger partial charge is 0.348 e. The minimum Gasteiger partial charge on any atom is -0.348 e. The molecule has 0 fully saturated rings. The number of carbonyl (C=O) groups is 1. The van der Waals surface area contributed by atoms with E-state index >= 15 is 0 Å². The first-order valence-corrected chi connectivity index (χ1v) is 11.8. The third kappa shape index (κ3) is 5.08. The van der Waals surface area contributed by atoms with Gasteiger partial charge >= 0.3 is 0 Å². The molecule has 5 aromatic rings. The molecule has 5 rings (SSSR count). The maximum Gasteiger partial charge on any atom is 0.251 e. The number of hydrogen-bond donors (Lipinski definition) is 1. The molecule has 1 N–H and O–H groups in total. The zero-order valence-electron chi connectivity index (χ0n) is 19.5. The van der Waals surface area contributed by atoms with E-state index in [4.69, 9.17) is 21.6 Å². The van der Waals surface area contributed by atoms with Crippen LogP contribution in [0.3, 0.4) is 0 Å². The van der Waals surface area contributed by atoms with Gasteiger partial charge in [-0.3, -0.25) is 4.79 Å². The summed E-state index contributed by atoms with van der Waals surface area (Å²) in [6.45, 7) is 4.55. The van der Waals surface area contributed by atoms with Crippen LogP contribution < -0.4 is 5.32 Å². The van der Waals surface area contributed by atoms with E-state index in [0.717, 1.165) is 44.7 Å². The zero-order valence-corrected chi connectivity index (χ0v) is 20.3. The van der Waals surface area contributed by atoms with Crippen molar-refractivity contribution in [1.82, 2.24) is 15.3 Å². The molecule has 172 valence electrons. The Kier molecular flexibility index (Phi) is 6.30. The normalized spacial score (nSPS) is 10.9. The molecule has 1 amide bonds. The first-order valence-electron chi connectivity index (χ1n) is 11.4. The van der Waals surface area contributed by atoms with Gasteiger partial charge in [-0.25, -0.2) is 9.97 Å². The predicted octanol–water partition coefficient (Wildman–Crippen LogP) is 7.16. The molecule has 0 aliphatic rings. The summed E-state index contributed by atoms with van der Waals surface area (Å²) in [7, 11) is 0. The second-order valence-electron chi connectivity index (χ2n) is 8.67. The SMILES string of the molecule is Cc1cccc(-c2nc3ccc(C(=O)NCc4ccc(Cl)cc4)cc3nc2-c2cccc(C)c2)c1. The summed E-state index contributed by atoms with van der Waals surface area (Å²) in [6, 6.07) is 29.4. The van der Waals surface area contributed by atoms with Crippen LogP contribution in [0.5, 0.6) is 0 Å². The third-order valence-corrected chi connectivity index (χ3v) is 6.13. The smallest absolute Gasteiger partial charge is 0.251 e. The van der Waals surface area contributed by atoms with Crippen molar-refractivity contribution < 1.29 is 4.79 Å². The van der Waals surface area contributed by atoms with E-state index in [1.807, 2.05) is 48.5 Å². The molecule has 0 unspecified atom stereocenters. The molecule has 0 aliphatic carbocycles. The van der Waals surface area contributed by atoms with Gasteiger partial charge in [-0.2, -0.15) is 0 Å². The zero-order chi connectivity index (χ0) is 24.4. The van der Waals surface area contributed by atoms with E-state index < -0.39 is 0 Å². The van der Waals surface area contributed by atoms with Crippen LogP contribution in [0.25, 0.3) is 33.5 Å². The molecule has 1 heterocycles. The number of nitrogens with one attached hydrogen (secondary N) is 1. The molecule has 0 saturated heterocycles. The van der Waals surface area contributed by atoms with Crippen LogP contribution in [0, 0.1) is 13.8 Å². The average molecular weight is 478 g/mol. The molecule has 35 heavy (non-hydrogen) atoms. The Hall–Kier alpha value is -4.02. The fourth-order valence-corrected chi connectivity index (χ4v) is 4.20. The molecule has 0 spiro atoms. The first-order chi connectivity index (χ1) is 17.0. The Labute approximate surface area is 209 Å². The molecule has 4 nitrogen and oxygen atoms in total. The number of nitrogens with zero attached hydrogens (tertiary/aromatic N) is 2. The first kappa shape index (κ1) is 22.8. The van der Waals surface area contributed by atoms with Gasteiger partial charge in [-0.1, -0.05) is 71.3 Å². The van der Waals surface area contributed by atoms with Crippen LogP contribution in [0.4, 0.5) is 0 Å². The third-order valence-electron chi connectivity index (χ3n) is 5.88. The van der Waals surface area contributed by atoms with Gasteiger partial charge in [-0.05, 0) is 61.9 Å². The van der Waals surface area contributed by atoms with Crippen molar-refractivity contribution in [3.63, 3.8) is 0 Å². The maximum absolute atomic E-state index is 12.9. The fraction of sp³-hybridized carbons (Fsp3) is 0.100. The highest BCUT2D eigenvalue weighted by atomic mass is 35.5. The van der Waals surface area contributed by atoms with Crippen LogP contribution in [0.1, 0.15) is 27.0 Å². The van der Waals surface area contributed by atoms with Gasteiger partial charge < -0.3 is 5.32 Å². The highest BCUT2D eigenvalue weighted by Crippen LogP contribution is 2.32. The van der Waals surface area contributed by atoms with Crippen molar-refractivity contribution in [3.05, 3.63) is 118 Å². The number of hydrogen-bond acceptors (Lipinski definition) is 3. The van der Waals surface area contributed by atoms with Gasteiger partial charge in [0.15, 0.2) is 0 Å². The standard InChI is InChI=1S/C30H24ClN3O/c1-19-5-3-7-22(15-19)28-29(23-8-4-6-20(2)16-23)34-27-17-24(11-14-26(27)33-28)30(35)32-18-21-9-12-25(31)13-10-21/h3-17H,18H2,1-2H3,(H,32,35). The average Bonchev–Trinajstić information content (AvgIpc) is 2.87. The summed E-state index contributed by atoms with van der Waals surface area (Å²) in [5.74, 6) is -0.163. The summed E-state index contributed by atoms with van der Waals surface area (Å²) in [4.78, 5) is 22.9. The number of fused-ring (bicyclic) bond motifs is 1. The number of rotatable bonds is 5.